The second kappa shape index (κ2) is 5.91. The van der Waals surface area contributed by atoms with E-state index in [4.69, 9.17) is 5.11 Å². The fraction of sp³-hybridized carbons (Fsp3) is 0.438. The van der Waals surface area contributed by atoms with Gasteiger partial charge in [0.05, 0.1) is 17.0 Å². The van der Waals surface area contributed by atoms with Crippen molar-refractivity contribution in [3.05, 3.63) is 34.7 Å². The van der Waals surface area contributed by atoms with Crippen LogP contribution in [0, 0.1) is 5.92 Å². The van der Waals surface area contributed by atoms with Gasteiger partial charge in [-0.05, 0) is 31.4 Å². The molecule has 1 fully saturated rings. The number of hydrogen-bond donors (Lipinski definition) is 2. The van der Waals surface area contributed by atoms with Crippen LogP contribution in [0.4, 0.5) is 0 Å². The van der Waals surface area contributed by atoms with Crippen LogP contribution in [0.5, 0.6) is 0 Å². The number of aliphatic carboxylic acids is 1. The molecule has 1 saturated carbocycles. The number of nitrogens with one attached hydrogen (secondary N) is 1. The van der Waals surface area contributed by atoms with E-state index in [1.165, 1.54) is 9.13 Å². The summed E-state index contributed by atoms with van der Waals surface area (Å²) in [6.07, 6.45) is 1.69. The Balaban J connectivity index is 1.73. The normalized spacial score (nSPS) is 20.7. The Kier molecular flexibility index (Phi) is 3.94. The lowest BCUT2D eigenvalue weighted by Crippen LogP contribution is -2.38. The Hall–Kier alpha value is -2.57. The molecular formula is C16H19N3O4. The third-order valence-corrected chi connectivity index (χ3v) is 4.50. The molecule has 122 valence electrons. The Morgan fingerprint density at radius 1 is 1.26 bits per heavy atom. The molecule has 1 amide bonds. The van der Waals surface area contributed by atoms with Gasteiger partial charge < -0.3 is 10.4 Å². The van der Waals surface area contributed by atoms with Crippen LogP contribution in [0.1, 0.15) is 19.3 Å². The summed E-state index contributed by atoms with van der Waals surface area (Å²) in [5, 5.41) is 11.8. The number of hydrogen-bond acceptors (Lipinski definition) is 3. The fourth-order valence-corrected chi connectivity index (χ4v) is 3.27. The largest absolute Gasteiger partial charge is 0.481 e. The van der Waals surface area contributed by atoms with Gasteiger partial charge in [0.25, 0.3) is 0 Å². The highest BCUT2D eigenvalue weighted by atomic mass is 16.4. The van der Waals surface area contributed by atoms with Crippen LogP contribution in [0.25, 0.3) is 11.0 Å². The van der Waals surface area contributed by atoms with E-state index >= 15 is 0 Å². The highest BCUT2D eigenvalue weighted by Crippen LogP contribution is 2.25. The maximum absolute atomic E-state index is 12.3. The van der Waals surface area contributed by atoms with E-state index in [0.717, 1.165) is 5.52 Å². The molecule has 7 heteroatoms. The van der Waals surface area contributed by atoms with Crippen molar-refractivity contribution in [1.29, 1.82) is 0 Å². The van der Waals surface area contributed by atoms with Gasteiger partial charge in [0.2, 0.25) is 5.91 Å². The van der Waals surface area contributed by atoms with Gasteiger partial charge in [-0.3, -0.25) is 18.7 Å². The Morgan fingerprint density at radius 3 is 2.61 bits per heavy atom. The summed E-state index contributed by atoms with van der Waals surface area (Å²) in [5.41, 5.74) is 1.25. The van der Waals surface area contributed by atoms with E-state index in [1.807, 2.05) is 18.2 Å². The number of fused-ring (bicyclic) bond motifs is 1. The number of rotatable bonds is 4. The lowest BCUT2D eigenvalue weighted by atomic mass is 10.1. The van der Waals surface area contributed by atoms with Crippen LogP contribution in [0.15, 0.2) is 29.1 Å². The smallest absolute Gasteiger partial charge is 0.329 e. The first-order valence-electron chi connectivity index (χ1n) is 7.64. The first-order chi connectivity index (χ1) is 11.0. The standard InChI is InChI=1S/C16H19N3O4/c1-18-12-4-2-3-5-13(12)19(16(18)23)9-14(20)17-11-7-6-10(8-11)15(21)22/h2-5,10-11H,6-9H2,1H3,(H,17,20)(H,21,22)/t10-,11+/m0/s1. The van der Waals surface area contributed by atoms with Gasteiger partial charge in [-0.1, -0.05) is 12.1 Å². The van der Waals surface area contributed by atoms with Crippen LogP contribution < -0.4 is 11.0 Å². The number of aromatic nitrogens is 2. The molecule has 1 aliphatic rings. The Labute approximate surface area is 132 Å². The number of imidazole rings is 1. The first kappa shape index (κ1) is 15.3. The van der Waals surface area contributed by atoms with Gasteiger partial charge in [0, 0.05) is 13.1 Å². The van der Waals surface area contributed by atoms with Gasteiger partial charge >= 0.3 is 11.7 Å². The average Bonchev–Trinajstić information content (AvgIpc) is 3.07. The number of carbonyl (C=O) groups is 2. The minimum Gasteiger partial charge on any atom is -0.481 e. The van der Waals surface area contributed by atoms with Gasteiger partial charge in [0.1, 0.15) is 6.54 Å². The predicted molar refractivity (Wildman–Crippen MR) is 84.1 cm³/mol. The van der Waals surface area contributed by atoms with Gasteiger partial charge in [-0.25, -0.2) is 4.79 Å². The van der Waals surface area contributed by atoms with E-state index in [-0.39, 0.29) is 30.1 Å². The molecule has 0 bridgehead atoms. The molecule has 0 aliphatic heterocycles. The summed E-state index contributed by atoms with van der Waals surface area (Å²) in [5.74, 6) is -1.47. The topological polar surface area (TPSA) is 93.3 Å². The molecule has 0 spiro atoms. The van der Waals surface area contributed by atoms with E-state index in [2.05, 4.69) is 5.32 Å². The van der Waals surface area contributed by atoms with Crippen molar-refractivity contribution < 1.29 is 14.7 Å². The van der Waals surface area contributed by atoms with E-state index < -0.39 is 5.97 Å². The fourth-order valence-electron chi connectivity index (χ4n) is 3.27. The molecule has 23 heavy (non-hydrogen) atoms. The van der Waals surface area contributed by atoms with Crippen LogP contribution in [0.3, 0.4) is 0 Å². The molecule has 0 unspecified atom stereocenters. The zero-order valence-electron chi connectivity index (χ0n) is 12.9. The zero-order valence-corrected chi connectivity index (χ0v) is 12.9. The van der Waals surface area contributed by atoms with Gasteiger partial charge in [0.15, 0.2) is 0 Å². The van der Waals surface area contributed by atoms with Gasteiger partial charge in [-0.2, -0.15) is 0 Å². The Bertz CT molecular complexity index is 820. The quantitative estimate of drug-likeness (QED) is 0.868. The summed E-state index contributed by atoms with van der Waals surface area (Å²) in [7, 11) is 1.67. The highest BCUT2D eigenvalue weighted by molar-refractivity contribution is 5.81. The lowest BCUT2D eigenvalue weighted by Gasteiger charge is -2.12. The molecule has 1 aromatic heterocycles. The number of benzene rings is 1. The summed E-state index contributed by atoms with van der Waals surface area (Å²) >= 11 is 0. The lowest BCUT2D eigenvalue weighted by molar-refractivity contribution is -0.141. The van der Waals surface area contributed by atoms with Crippen molar-refractivity contribution in [2.24, 2.45) is 13.0 Å². The molecule has 7 nitrogen and oxygen atoms in total. The number of amides is 1. The van der Waals surface area contributed by atoms with Crippen molar-refractivity contribution in [1.82, 2.24) is 14.5 Å². The maximum atomic E-state index is 12.3. The van der Waals surface area contributed by atoms with Gasteiger partial charge in [-0.15, -0.1) is 0 Å². The third-order valence-electron chi connectivity index (χ3n) is 4.50. The van der Waals surface area contributed by atoms with Crippen molar-refractivity contribution in [2.75, 3.05) is 0 Å². The van der Waals surface area contributed by atoms with Crippen LogP contribution in [-0.4, -0.2) is 32.2 Å². The number of nitrogens with zero attached hydrogens (tertiary/aromatic N) is 2. The van der Waals surface area contributed by atoms with Crippen molar-refractivity contribution in [3.8, 4) is 0 Å². The molecule has 2 aromatic rings. The first-order valence-corrected chi connectivity index (χ1v) is 7.64. The van der Waals surface area contributed by atoms with E-state index in [1.54, 1.807) is 13.1 Å². The number of aryl methyl sites for hydroxylation is 1. The number of carboxylic acid groups (broad SMARTS) is 1. The number of carbonyl (C=O) groups excluding carboxylic acids is 1. The molecule has 1 aliphatic carbocycles. The highest BCUT2D eigenvalue weighted by Gasteiger charge is 2.30. The Morgan fingerprint density at radius 2 is 1.96 bits per heavy atom. The summed E-state index contributed by atoms with van der Waals surface area (Å²) < 4.78 is 2.95. The predicted octanol–water partition coefficient (Wildman–Crippen LogP) is 0.710. The average molecular weight is 317 g/mol. The summed E-state index contributed by atoms with van der Waals surface area (Å²) in [6, 6.07) is 7.18. The molecule has 0 radical (unpaired) electrons. The summed E-state index contributed by atoms with van der Waals surface area (Å²) in [4.78, 5) is 35.4. The van der Waals surface area contributed by atoms with Crippen LogP contribution in [-0.2, 0) is 23.2 Å². The minimum atomic E-state index is -0.813. The molecule has 0 saturated heterocycles. The van der Waals surface area contributed by atoms with Crippen molar-refractivity contribution >= 4 is 22.9 Å². The van der Waals surface area contributed by atoms with E-state index in [9.17, 15) is 14.4 Å². The summed E-state index contributed by atoms with van der Waals surface area (Å²) in [6.45, 7) is -0.0611. The minimum absolute atomic E-state index is 0.0611. The third kappa shape index (κ3) is 2.86. The van der Waals surface area contributed by atoms with E-state index in [0.29, 0.717) is 24.8 Å². The molecule has 1 aromatic carbocycles. The monoisotopic (exact) mass is 317 g/mol. The second-order valence-corrected chi connectivity index (χ2v) is 6.03. The molecule has 2 N–H and O–H groups in total. The van der Waals surface area contributed by atoms with Crippen LogP contribution >= 0.6 is 0 Å². The SMILES string of the molecule is Cn1c(=O)n(CC(=O)N[C@@H]2CC[C@H](C(=O)O)C2)c2ccccc21. The molecule has 3 rings (SSSR count). The van der Waals surface area contributed by atoms with Crippen LogP contribution in [0.2, 0.25) is 0 Å². The van der Waals surface area contributed by atoms with Crippen molar-refractivity contribution in [3.63, 3.8) is 0 Å². The maximum Gasteiger partial charge on any atom is 0.329 e. The molecular weight excluding hydrogens is 298 g/mol. The molecule has 2 atom stereocenters. The zero-order chi connectivity index (χ0) is 16.6. The van der Waals surface area contributed by atoms with Crippen molar-refractivity contribution in [2.45, 2.75) is 31.8 Å². The second-order valence-electron chi connectivity index (χ2n) is 6.03. The molecule has 1 heterocycles. The number of para-hydroxylation sites is 2. The number of carboxylic acids is 1.